The molecule has 5 heteroatoms. The molecule has 1 atom stereocenters. The van der Waals surface area contributed by atoms with Gasteiger partial charge in [0.1, 0.15) is 6.04 Å². The highest BCUT2D eigenvalue weighted by molar-refractivity contribution is 6.23. The molecule has 1 saturated heterocycles. The molecule has 0 radical (unpaired) electrons. The zero-order valence-electron chi connectivity index (χ0n) is 14.8. The number of nitrogens with zero attached hydrogens (tertiary/aromatic N) is 2. The van der Waals surface area contributed by atoms with Crippen LogP contribution in [0.3, 0.4) is 0 Å². The average molecular weight is 337 g/mol. The van der Waals surface area contributed by atoms with Gasteiger partial charge in [0.05, 0.1) is 12.1 Å². The number of carbonyl (C=O) groups excluding carboxylic acids is 2. The van der Waals surface area contributed by atoms with E-state index in [1.165, 1.54) is 10.5 Å². The van der Waals surface area contributed by atoms with Gasteiger partial charge >= 0.3 is 0 Å². The van der Waals surface area contributed by atoms with Gasteiger partial charge in [0.2, 0.25) is 5.91 Å². The van der Waals surface area contributed by atoms with Crippen LogP contribution < -0.4 is 15.1 Å². The molecule has 1 fully saturated rings. The van der Waals surface area contributed by atoms with E-state index < -0.39 is 6.04 Å². The predicted molar refractivity (Wildman–Crippen MR) is 101 cm³/mol. The first-order valence-electron chi connectivity index (χ1n) is 8.49. The van der Waals surface area contributed by atoms with Crippen LogP contribution >= 0.6 is 0 Å². The van der Waals surface area contributed by atoms with Crippen molar-refractivity contribution in [1.29, 1.82) is 0 Å². The zero-order valence-corrected chi connectivity index (χ0v) is 14.8. The summed E-state index contributed by atoms with van der Waals surface area (Å²) in [5.74, 6) is -0.373. The molecule has 2 amide bonds. The Balaban J connectivity index is 1.74. The lowest BCUT2D eigenvalue weighted by Crippen LogP contribution is -2.34. The molecular formula is C20H23N3O2. The lowest BCUT2D eigenvalue weighted by Gasteiger charge is -2.17. The average Bonchev–Trinajstić information content (AvgIpc) is 2.89. The molecule has 130 valence electrons. The monoisotopic (exact) mass is 337 g/mol. The van der Waals surface area contributed by atoms with Crippen LogP contribution in [-0.2, 0) is 16.0 Å². The number of carbonyl (C=O) groups is 2. The van der Waals surface area contributed by atoms with Gasteiger partial charge in [-0.05, 0) is 48.4 Å². The van der Waals surface area contributed by atoms with E-state index in [1.807, 2.05) is 67.5 Å². The third kappa shape index (κ3) is 3.50. The van der Waals surface area contributed by atoms with Gasteiger partial charge in [-0.15, -0.1) is 0 Å². The van der Waals surface area contributed by atoms with Crippen molar-refractivity contribution >= 4 is 28.9 Å². The number of benzene rings is 2. The van der Waals surface area contributed by atoms with Gasteiger partial charge in [0.15, 0.2) is 0 Å². The molecule has 2 aromatic carbocycles. The number of imide groups is 1. The molecule has 1 heterocycles. The number of rotatable bonds is 5. The minimum Gasteiger partial charge on any atom is -0.378 e. The van der Waals surface area contributed by atoms with E-state index in [-0.39, 0.29) is 18.2 Å². The first kappa shape index (κ1) is 17.0. The minimum absolute atomic E-state index is 0.170. The molecule has 0 saturated carbocycles. The van der Waals surface area contributed by atoms with Crippen LogP contribution in [0.1, 0.15) is 18.9 Å². The fourth-order valence-electron chi connectivity index (χ4n) is 2.95. The third-order valence-electron chi connectivity index (χ3n) is 4.47. The summed E-state index contributed by atoms with van der Waals surface area (Å²) in [5, 5.41) is 3.18. The second-order valence-corrected chi connectivity index (χ2v) is 6.43. The number of aryl methyl sites for hydroxylation is 1. The lowest BCUT2D eigenvalue weighted by molar-refractivity contribution is -0.121. The van der Waals surface area contributed by atoms with E-state index in [4.69, 9.17) is 0 Å². The van der Waals surface area contributed by atoms with Crippen molar-refractivity contribution < 1.29 is 9.59 Å². The summed E-state index contributed by atoms with van der Waals surface area (Å²) in [6.07, 6.45) is 1.10. The Morgan fingerprint density at radius 3 is 2.24 bits per heavy atom. The van der Waals surface area contributed by atoms with Gasteiger partial charge in [-0.1, -0.05) is 19.1 Å². The molecule has 25 heavy (non-hydrogen) atoms. The van der Waals surface area contributed by atoms with E-state index in [9.17, 15) is 9.59 Å². The van der Waals surface area contributed by atoms with Crippen molar-refractivity contribution in [3.8, 4) is 0 Å². The van der Waals surface area contributed by atoms with Crippen LogP contribution in [0.15, 0.2) is 48.5 Å². The molecule has 0 aromatic heterocycles. The minimum atomic E-state index is -0.524. The zero-order chi connectivity index (χ0) is 18.0. The Morgan fingerprint density at radius 1 is 1.04 bits per heavy atom. The van der Waals surface area contributed by atoms with Crippen LogP contribution in [0, 0.1) is 0 Å². The van der Waals surface area contributed by atoms with Gasteiger partial charge < -0.3 is 10.2 Å². The van der Waals surface area contributed by atoms with E-state index >= 15 is 0 Å². The standard InChI is InChI=1S/C20H23N3O2/c1-4-14-5-9-17(10-6-14)23-19(24)13-18(20(23)25)21-15-7-11-16(12-8-15)22(2)3/h5-12,18,21H,4,13H2,1-3H3/t18-/m1/s1. The van der Waals surface area contributed by atoms with Crippen molar-refractivity contribution in [2.45, 2.75) is 25.8 Å². The first-order chi connectivity index (χ1) is 12.0. The maximum atomic E-state index is 12.7. The van der Waals surface area contributed by atoms with Gasteiger partial charge in [-0.2, -0.15) is 0 Å². The summed E-state index contributed by atoms with van der Waals surface area (Å²) >= 11 is 0. The Morgan fingerprint density at radius 2 is 1.68 bits per heavy atom. The van der Waals surface area contributed by atoms with Gasteiger partial charge in [-0.3, -0.25) is 9.59 Å². The summed E-state index contributed by atoms with van der Waals surface area (Å²) in [6.45, 7) is 2.07. The molecule has 0 spiro atoms. The fraction of sp³-hybridized carbons (Fsp3) is 0.300. The van der Waals surface area contributed by atoms with Crippen molar-refractivity contribution in [3.63, 3.8) is 0 Å². The van der Waals surface area contributed by atoms with Crippen LogP contribution in [0.2, 0.25) is 0 Å². The molecule has 1 aliphatic heterocycles. The molecule has 1 aliphatic rings. The number of hydrogen-bond acceptors (Lipinski definition) is 4. The normalized spacial score (nSPS) is 17.1. The number of amides is 2. The predicted octanol–water partition coefficient (Wildman–Crippen LogP) is 3.06. The largest absolute Gasteiger partial charge is 0.378 e. The van der Waals surface area contributed by atoms with Crippen LogP contribution in [0.25, 0.3) is 0 Å². The summed E-state index contributed by atoms with van der Waals surface area (Å²) < 4.78 is 0. The third-order valence-corrected chi connectivity index (χ3v) is 4.47. The molecule has 0 aliphatic carbocycles. The highest BCUT2D eigenvalue weighted by Crippen LogP contribution is 2.26. The molecule has 2 aromatic rings. The first-order valence-corrected chi connectivity index (χ1v) is 8.49. The topological polar surface area (TPSA) is 52.7 Å². The second-order valence-electron chi connectivity index (χ2n) is 6.43. The lowest BCUT2D eigenvalue weighted by atomic mass is 10.1. The van der Waals surface area contributed by atoms with Crippen molar-refractivity contribution in [2.75, 3.05) is 29.2 Å². The summed E-state index contributed by atoms with van der Waals surface area (Å²) in [5.41, 5.74) is 3.73. The summed E-state index contributed by atoms with van der Waals surface area (Å²) in [4.78, 5) is 28.3. The van der Waals surface area contributed by atoms with Gasteiger partial charge in [-0.25, -0.2) is 4.90 Å². The van der Waals surface area contributed by atoms with E-state index in [0.29, 0.717) is 5.69 Å². The van der Waals surface area contributed by atoms with E-state index in [1.54, 1.807) is 0 Å². The molecule has 3 rings (SSSR count). The fourth-order valence-corrected chi connectivity index (χ4v) is 2.95. The number of anilines is 3. The molecule has 1 N–H and O–H groups in total. The Bertz CT molecular complexity index is 767. The van der Waals surface area contributed by atoms with Crippen LogP contribution in [0.5, 0.6) is 0 Å². The van der Waals surface area contributed by atoms with E-state index in [2.05, 4.69) is 12.2 Å². The van der Waals surface area contributed by atoms with Crippen LogP contribution in [0.4, 0.5) is 17.1 Å². The van der Waals surface area contributed by atoms with Gasteiger partial charge in [0.25, 0.3) is 5.91 Å². The Hall–Kier alpha value is -2.82. The highest BCUT2D eigenvalue weighted by atomic mass is 16.2. The molecule has 5 nitrogen and oxygen atoms in total. The highest BCUT2D eigenvalue weighted by Gasteiger charge is 2.39. The van der Waals surface area contributed by atoms with Crippen LogP contribution in [-0.4, -0.2) is 32.0 Å². The molecular weight excluding hydrogens is 314 g/mol. The Kier molecular flexibility index (Phi) is 4.74. The maximum Gasteiger partial charge on any atom is 0.256 e. The number of nitrogens with one attached hydrogen (secondary N) is 1. The summed E-state index contributed by atoms with van der Waals surface area (Å²) in [7, 11) is 3.95. The van der Waals surface area contributed by atoms with Crippen molar-refractivity contribution in [2.24, 2.45) is 0 Å². The molecule has 0 unspecified atom stereocenters. The van der Waals surface area contributed by atoms with Crippen molar-refractivity contribution in [1.82, 2.24) is 0 Å². The summed E-state index contributed by atoms with van der Waals surface area (Å²) in [6, 6.07) is 14.9. The van der Waals surface area contributed by atoms with Gasteiger partial charge in [0, 0.05) is 25.5 Å². The van der Waals surface area contributed by atoms with E-state index in [0.717, 1.165) is 17.8 Å². The molecule has 0 bridgehead atoms. The Labute approximate surface area is 148 Å². The SMILES string of the molecule is CCc1ccc(N2C(=O)C[C@@H](Nc3ccc(N(C)C)cc3)C2=O)cc1. The number of hydrogen-bond donors (Lipinski definition) is 1. The second kappa shape index (κ2) is 6.97. The quantitative estimate of drug-likeness (QED) is 0.852. The maximum absolute atomic E-state index is 12.7. The smallest absolute Gasteiger partial charge is 0.256 e. The van der Waals surface area contributed by atoms with Crippen molar-refractivity contribution in [3.05, 3.63) is 54.1 Å².